The van der Waals surface area contributed by atoms with Crippen LogP contribution in [-0.4, -0.2) is 22.0 Å². The molecule has 1 heterocycles. The lowest BCUT2D eigenvalue weighted by Gasteiger charge is -2.27. The molecule has 1 saturated carbocycles. The van der Waals surface area contributed by atoms with Crippen LogP contribution in [0.1, 0.15) is 25.7 Å². The summed E-state index contributed by atoms with van der Waals surface area (Å²) in [7, 11) is 0. The summed E-state index contributed by atoms with van der Waals surface area (Å²) >= 11 is 5.91. The van der Waals surface area contributed by atoms with Gasteiger partial charge in [0.1, 0.15) is 0 Å². The molecule has 0 aromatic carbocycles. The summed E-state index contributed by atoms with van der Waals surface area (Å²) in [5.74, 6) is -2.07. The molecule has 1 fully saturated rings. The van der Waals surface area contributed by atoms with Crippen LogP contribution >= 0.6 is 11.6 Å². The monoisotopic (exact) mass is 282 g/mol. The lowest BCUT2D eigenvalue weighted by molar-refractivity contribution is -0.147. The average Bonchev–Trinajstić information content (AvgIpc) is 2.41. The minimum Gasteiger partial charge on any atom is -0.481 e. The molecule has 0 aliphatic heterocycles. The molecule has 0 bridgehead atoms. The van der Waals surface area contributed by atoms with E-state index in [1.807, 2.05) is 0 Å². The Morgan fingerprint density at radius 3 is 2.63 bits per heavy atom. The SMILES string of the molecule is O=C(O)C1CCCCC1C(=O)Nc1ncccc1Cl. The zero-order valence-electron chi connectivity index (χ0n) is 10.3. The number of nitrogens with one attached hydrogen (secondary N) is 1. The van der Waals surface area contributed by atoms with Crippen molar-refractivity contribution in [3.8, 4) is 0 Å². The average molecular weight is 283 g/mol. The van der Waals surface area contributed by atoms with E-state index in [1.165, 1.54) is 6.20 Å². The maximum absolute atomic E-state index is 12.2. The van der Waals surface area contributed by atoms with E-state index in [9.17, 15) is 9.59 Å². The van der Waals surface area contributed by atoms with Crippen LogP contribution in [-0.2, 0) is 9.59 Å². The van der Waals surface area contributed by atoms with E-state index in [4.69, 9.17) is 16.7 Å². The number of hydrogen-bond donors (Lipinski definition) is 2. The zero-order chi connectivity index (χ0) is 13.8. The number of carbonyl (C=O) groups excluding carboxylic acids is 1. The van der Waals surface area contributed by atoms with E-state index < -0.39 is 17.8 Å². The lowest BCUT2D eigenvalue weighted by atomic mass is 9.79. The van der Waals surface area contributed by atoms with Gasteiger partial charge < -0.3 is 10.4 Å². The summed E-state index contributed by atoms with van der Waals surface area (Å²) in [4.78, 5) is 27.3. The molecule has 1 aliphatic rings. The van der Waals surface area contributed by atoms with E-state index in [0.29, 0.717) is 17.9 Å². The van der Waals surface area contributed by atoms with Gasteiger partial charge in [-0.05, 0) is 25.0 Å². The highest BCUT2D eigenvalue weighted by molar-refractivity contribution is 6.33. The number of pyridine rings is 1. The minimum absolute atomic E-state index is 0.281. The summed E-state index contributed by atoms with van der Waals surface area (Å²) in [6.07, 6.45) is 4.39. The molecule has 6 heteroatoms. The van der Waals surface area contributed by atoms with Gasteiger partial charge in [-0.25, -0.2) is 4.98 Å². The molecule has 5 nitrogen and oxygen atoms in total. The maximum Gasteiger partial charge on any atom is 0.307 e. The van der Waals surface area contributed by atoms with E-state index in [0.717, 1.165) is 12.8 Å². The van der Waals surface area contributed by atoms with Crippen LogP contribution in [0.25, 0.3) is 0 Å². The van der Waals surface area contributed by atoms with Gasteiger partial charge in [-0.1, -0.05) is 24.4 Å². The summed E-state index contributed by atoms with van der Waals surface area (Å²) in [6.45, 7) is 0. The number of anilines is 1. The molecule has 1 aromatic rings. The second kappa shape index (κ2) is 6.02. The first kappa shape index (κ1) is 13.8. The Morgan fingerprint density at radius 2 is 2.00 bits per heavy atom. The van der Waals surface area contributed by atoms with Crippen LogP contribution in [0.4, 0.5) is 5.82 Å². The fourth-order valence-electron chi connectivity index (χ4n) is 2.43. The topological polar surface area (TPSA) is 79.3 Å². The van der Waals surface area contributed by atoms with Crippen LogP contribution in [0, 0.1) is 11.8 Å². The highest BCUT2D eigenvalue weighted by atomic mass is 35.5. The van der Waals surface area contributed by atoms with Crippen molar-refractivity contribution >= 4 is 29.3 Å². The number of halogens is 1. The molecule has 1 aliphatic carbocycles. The molecule has 0 radical (unpaired) electrons. The smallest absolute Gasteiger partial charge is 0.307 e. The third kappa shape index (κ3) is 3.23. The minimum atomic E-state index is -0.910. The third-order valence-corrected chi connectivity index (χ3v) is 3.72. The summed E-state index contributed by atoms with van der Waals surface area (Å²) in [6, 6.07) is 3.29. The molecule has 2 N–H and O–H groups in total. The van der Waals surface area contributed by atoms with Crippen molar-refractivity contribution in [1.29, 1.82) is 0 Å². The van der Waals surface area contributed by atoms with Crippen LogP contribution in [0.3, 0.4) is 0 Å². The van der Waals surface area contributed by atoms with E-state index in [2.05, 4.69) is 10.3 Å². The first-order chi connectivity index (χ1) is 9.09. The number of carboxylic acid groups (broad SMARTS) is 1. The summed E-state index contributed by atoms with van der Waals surface area (Å²) in [5.41, 5.74) is 0. The number of hydrogen-bond acceptors (Lipinski definition) is 3. The molecule has 19 heavy (non-hydrogen) atoms. The van der Waals surface area contributed by atoms with Crippen molar-refractivity contribution in [2.75, 3.05) is 5.32 Å². The number of aliphatic carboxylic acids is 1. The Kier molecular flexibility index (Phi) is 4.37. The number of aromatic nitrogens is 1. The Labute approximate surface area is 116 Å². The standard InChI is InChI=1S/C13H15ClN2O3/c14-10-6-3-7-15-11(10)16-12(17)8-4-1-2-5-9(8)13(18)19/h3,6-9H,1-2,4-5H2,(H,18,19)(H,15,16,17). The van der Waals surface area contributed by atoms with E-state index in [1.54, 1.807) is 12.1 Å². The van der Waals surface area contributed by atoms with Crippen LogP contribution in [0.5, 0.6) is 0 Å². The molecule has 2 atom stereocenters. The molecule has 102 valence electrons. The number of carbonyl (C=O) groups is 2. The largest absolute Gasteiger partial charge is 0.481 e. The molecular weight excluding hydrogens is 268 g/mol. The molecule has 1 aromatic heterocycles. The molecule has 0 spiro atoms. The third-order valence-electron chi connectivity index (χ3n) is 3.42. The number of amides is 1. The van der Waals surface area contributed by atoms with Gasteiger partial charge in [-0.15, -0.1) is 0 Å². The van der Waals surface area contributed by atoms with Gasteiger partial charge in [-0.3, -0.25) is 9.59 Å². The van der Waals surface area contributed by atoms with Crippen molar-refractivity contribution in [2.45, 2.75) is 25.7 Å². The zero-order valence-corrected chi connectivity index (χ0v) is 11.1. The Morgan fingerprint density at radius 1 is 1.32 bits per heavy atom. The van der Waals surface area contributed by atoms with Crippen LogP contribution in [0.15, 0.2) is 18.3 Å². The van der Waals surface area contributed by atoms with Gasteiger partial charge in [0.15, 0.2) is 5.82 Å². The molecule has 0 saturated heterocycles. The van der Waals surface area contributed by atoms with Gasteiger partial charge in [0.05, 0.1) is 16.9 Å². The van der Waals surface area contributed by atoms with Gasteiger partial charge >= 0.3 is 5.97 Å². The lowest BCUT2D eigenvalue weighted by Crippen LogP contribution is -2.36. The predicted octanol–water partition coefficient (Wildman–Crippen LogP) is 2.56. The summed E-state index contributed by atoms with van der Waals surface area (Å²) < 4.78 is 0. The highest BCUT2D eigenvalue weighted by Gasteiger charge is 2.35. The van der Waals surface area contributed by atoms with Gasteiger partial charge in [0.2, 0.25) is 5.91 Å². The van der Waals surface area contributed by atoms with Crippen LogP contribution < -0.4 is 5.32 Å². The first-order valence-corrected chi connectivity index (χ1v) is 6.61. The summed E-state index contributed by atoms with van der Waals surface area (Å²) in [5, 5.41) is 12.1. The highest BCUT2D eigenvalue weighted by Crippen LogP contribution is 2.31. The molecule has 2 rings (SSSR count). The predicted molar refractivity (Wildman–Crippen MR) is 71.0 cm³/mol. The van der Waals surface area contributed by atoms with Gasteiger partial charge in [0, 0.05) is 6.20 Å². The fourth-order valence-corrected chi connectivity index (χ4v) is 2.60. The van der Waals surface area contributed by atoms with Crippen LogP contribution in [0.2, 0.25) is 5.02 Å². The van der Waals surface area contributed by atoms with Gasteiger partial charge in [0.25, 0.3) is 0 Å². The van der Waals surface area contributed by atoms with E-state index in [-0.39, 0.29) is 11.7 Å². The second-order valence-electron chi connectivity index (χ2n) is 4.66. The number of carboxylic acids is 1. The molecular formula is C13H15ClN2O3. The normalized spacial score (nSPS) is 22.8. The number of nitrogens with zero attached hydrogens (tertiary/aromatic N) is 1. The Balaban J connectivity index is 2.10. The fraction of sp³-hybridized carbons (Fsp3) is 0.462. The number of rotatable bonds is 3. The first-order valence-electron chi connectivity index (χ1n) is 6.24. The maximum atomic E-state index is 12.2. The van der Waals surface area contributed by atoms with Crippen molar-refractivity contribution in [3.63, 3.8) is 0 Å². The van der Waals surface area contributed by atoms with Gasteiger partial charge in [-0.2, -0.15) is 0 Å². The Hall–Kier alpha value is -1.62. The molecule has 1 amide bonds. The molecule has 2 unspecified atom stereocenters. The second-order valence-corrected chi connectivity index (χ2v) is 5.07. The van der Waals surface area contributed by atoms with Crippen molar-refractivity contribution in [1.82, 2.24) is 4.98 Å². The Bertz CT molecular complexity index is 493. The van der Waals surface area contributed by atoms with Crippen molar-refractivity contribution in [3.05, 3.63) is 23.4 Å². The quantitative estimate of drug-likeness (QED) is 0.893. The van der Waals surface area contributed by atoms with Crippen molar-refractivity contribution < 1.29 is 14.7 Å². The van der Waals surface area contributed by atoms with Crippen molar-refractivity contribution in [2.24, 2.45) is 11.8 Å². The van der Waals surface area contributed by atoms with E-state index >= 15 is 0 Å².